The standard InChI is InChI=1S/C43H66N2O4S/c1-29(2)32-16-21-43(28-44-24-8-25-45-26-9-27-50(45,48)49)23-22-41(6)34(37(32)43)14-15-36-40(5)19-17-33(30-10-12-31(13-11-30)38(46)47)39(3,4)35(40)18-20-42(36,41)7/h10-13,17,32,34-37,44,48-49H,1,8-9,14-16,18-28H2,2-7H3,(H,46,47)/t32-,34+,35-,36+,37+,40-,41+,42+,43+/m0/s1. The minimum absolute atomic E-state index is 0.0205. The molecule has 1 saturated heterocycles. The maximum atomic E-state index is 11.6. The summed E-state index contributed by atoms with van der Waals surface area (Å²) in [4.78, 5) is 11.6. The monoisotopic (exact) mass is 706 g/mol. The lowest BCUT2D eigenvalue weighted by atomic mass is 9.32. The Balaban J connectivity index is 1.12. The highest BCUT2D eigenvalue weighted by Crippen LogP contribution is 2.77. The molecule has 5 aliphatic carbocycles. The smallest absolute Gasteiger partial charge is 0.335 e. The largest absolute Gasteiger partial charge is 0.478 e. The van der Waals surface area contributed by atoms with Crippen LogP contribution in [0.15, 0.2) is 42.5 Å². The van der Waals surface area contributed by atoms with Gasteiger partial charge in [-0.3, -0.25) is 9.11 Å². The lowest BCUT2D eigenvalue weighted by Crippen LogP contribution is -2.65. The van der Waals surface area contributed by atoms with Crippen LogP contribution in [0.1, 0.15) is 128 Å². The molecule has 1 aliphatic heterocycles. The second-order valence-electron chi connectivity index (χ2n) is 19.1. The molecule has 0 aromatic heterocycles. The van der Waals surface area contributed by atoms with Crippen LogP contribution in [-0.2, 0) is 0 Å². The third-order valence-corrected chi connectivity index (χ3v) is 18.8. The Labute approximate surface area is 304 Å². The molecule has 7 heteroatoms. The summed E-state index contributed by atoms with van der Waals surface area (Å²) in [5.41, 5.74) is 5.53. The van der Waals surface area contributed by atoms with Gasteiger partial charge in [-0.15, -0.1) is 10.8 Å². The highest BCUT2D eigenvalue weighted by atomic mass is 32.3. The summed E-state index contributed by atoms with van der Waals surface area (Å²) in [6.07, 6.45) is 15.9. The molecule has 7 rings (SSSR count). The molecular weight excluding hydrogens is 641 g/mol. The molecule has 6 nitrogen and oxygen atoms in total. The van der Waals surface area contributed by atoms with Crippen LogP contribution >= 0.6 is 10.8 Å². The summed E-state index contributed by atoms with van der Waals surface area (Å²) in [5.74, 6) is 2.97. The van der Waals surface area contributed by atoms with Gasteiger partial charge in [0, 0.05) is 19.6 Å². The Bertz CT molecular complexity index is 1520. The van der Waals surface area contributed by atoms with Crippen molar-refractivity contribution < 1.29 is 19.0 Å². The average Bonchev–Trinajstić information content (AvgIpc) is 3.60. The van der Waals surface area contributed by atoms with E-state index < -0.39 is 16.7 Å². The van der Waals surface area contributed by atoms with E-state index in [0.717, 1.165) is 51.4 Å². The van der Waals surface area contributed by atoms with E-state index in [1.807, 2.05) is 16.4 Å². The first-order valence-corrected chi connectivity index (χ1v) is 21.6. The molecule has 0 unspecified atom stereocenters. The fourth-order valence-electron chi connectivity index (χ4n) is 14.2. The normalized spacial score (nSPS) is 42.4. The van der Waals surface area contributed by atoms with Crippen molar-refractivity contribution in [3.8, 4) is 0 Å². The fraction of sp³-hybridized carbons (Fsp3) is 0.744. The number of allylic oxidation sites excluding steroid dienone is 3. The summed E-state index contributed by atoms with van der Waals surface area (Å²) in [7, 11) is -2.53. The number of rotatable bonds is 9. The van der Waals surface area contributed by atoms with Crippen LogP contribution in [0, 0.1) is 56.7 Å². The Hall–Kier alpha value is -1.64. The summed E-state index contributed by atoms with van der Waals surface area (Å²) < 4.78 is 22.6. The topological polar surface area (TPSA) is 93.0 Å². The third kappa shape index (κ3) is 5.53. The Morgan fingerprint density at radius 2 is 1.70 bits per heavy atom. The maximum absolute atomic E-state index is 11.6. The van der Waals surface area contributed by atoms with Crippen molar-refractivity contribution in [3.05, 3.63) is 53.6 Å². The summed E-state index contributed by atoms with van der Waals surface area (Å²) >= 11 is 0. The molecule has 9 atom stereocenters. The first kappa shape index (κ1) is 36.7. The summed E-state index contributed by atoms with van der Waals surface area (Å²) in [6.45, 7) is 23.5. The molecule has 0 spiro atoms. The van der Waals surface area contributed by atoms with Crippen LogP contribution in [0.2, 0.25) is 0 Å². The number of hydrogen-bond donors (Lipinski definition) is 4. The van der Waals surface area contributed by atoms with Crippen molar-refractivity contribution in [2.75, 3.05) is 31.9 Å². The van der Waals surface area contributed by atoms with Crippen LogP contribution in [0.25, 0.3) is 5.57 Å². The van der Waals surface area contributed by atoms with Crippen molar-refractivity contribution in [3.63, 3.8) is 0 Å². The number of fused-ring (bicyclic) bond motifs is 7. The molecule has 4 saturated carbocycles. The quantitative estimate of drug-likeness (QED) is 0.151. The predicted molar refractivity (Wildman–Crippen MR) is 207 cm³/mol. The van der Waals surface area contributed by atoms with E-state index in [-0.39, 0.29) is 10.8 Å². The molecule has 6 aliphatic rings. The first-order chi connectivity index (χ1) is 23.5. The number of nitrogens with zero attached hydrogens (tertiary/aromatic N) is 1. The zero-order chi connectivity index (χ0) is 35.9. The summed E-state index contributed by atoms with van der Waals surface area (Å²) in [6, 6.07) is 7.61. The molecule has 0 amide bonds. The molecule has 5 fully saturated rings. The summed E-state index contributed by atoms with van der Waals surface area (Å²) in [5, 5.41) is 13.4. The SMILES string of the molecule is C=C(C)[C@@H]1CC[C@]2(CNCCCN3CCCS3(O)O)CC[C@]3(C)[C@H](CC[C@@H]4[C@@]5(C)CC=C(c6ccc(C(=O)O)cc6)C(C)(C)[C@@H]5CC[C@]43C)[C@@H]12. The van der Waals surface area contributed by atoms with E-state index in [2.05, 4.69) is 59.5 Å². The van der Waals surface area contributed by atoms with Crippen molar-refractivity contribution in [1.82, 2.24) is 9.62 Å². The Morgan fingerprint density at radius 3 is 2.36 bits per heavy atom. The van der Waals surface area contributed by atoms with Gasteiger partial charge in [0.25, 0.3) is 0 Å². The van der Waals surface area contributed by atoms with Gasteiger partial charge in [-0.25, -0.2) is 9.10 Å². The van der Waals surface area contributed by atoms with E-state index in [0.29, 0.717) is 51.2 Å². The minimum atomic E-state index is -2.53. The van der Waals surface area contributed by atoms with E-state index in [1.54, 1.807) is 12.1 Å². The Morgan fingerprint density at radius 1 is 0.960 bits per heavy atom. The zero-order valence-corrected chi connectivity index (χ0v) is 32.7. The molecule has 0 bridgehead atoms. The number of aromatic carboxylic acids is 1. The third-order valence-electron chi connectivity index (χ3n) is 16.7. The van der Waals surface area contributed by atoms with Crippen LogP contribution in [-0.4, -0.2) is 56.4 Å². The van der Waals surface area contributed by atoms with Gasteiger partial charge >= 0.3 is 5.97 Å². The lowest BCUT2D eigenvalue weighted by Gasteiger charge is -2.72. The van der Waals surface area contributed by atoms with Crippen LogP contribution in [0.3, 0.4) is 0 Å². The van der Waals surface area contributed by atoms with Gasteiger partial charge < -0.3 is 10.4 Å². The molecule has 1 aromatic rings. The first-order valence-electron chi connectivity index (χ1n) is 19.9. The van der Waals surface area contributed by atoms with Gasteiger partial charge in [0.15, 0.2) is 0 Å². The maximum Gasteiger partial charge on any atom is 0.335 e. The van der Waals surface area contributed by atoms with Crippen molar-refractivity contribution >= 4 is 22.3 Å². The van der Waals surface area contributed by atoms with E-state index in [9.17, 15) is 19.0 Å². The van der Waals surface area contributed by atoms with Crippen molar-refractivity contribution in [1.29, 1.82) is 0 Å². The predicted octanol–water partition coefficient (Wildman–Crippen LogP) is 10.4. The number of carbonyl (C=O) groups is 1. The number of hydrogen-bond acceptors (Lipinski definition) is 5. The van der Waals surface area contributed by atoms with Gasteiger partial charge in [-0.2, -0.15) is 0 Å². The van der Waals surface area contributed by atoms with Crippen molar-refractivity contribution in [2.45, 2.75) is 112 Å². The van der Waals surface area contributed by atoms with Crippen LogP contribution < -0.4 is 5.32 Å². The van der Waals surface area contributed by atoms with Gasteiger partial charge in [-0.05, 0) is 164 Å². The second kappa shape index (κ2) is 12.7. The molecule has 0 radical (unpaired) electrons. The lowest BCUT2D eigenvalue weighted by molar-refractivity contribution is -0.225. The van der Waals surface area contributed by atoms with Gasteiger partial charge in [0.1, 0.15) is 0 Å². The number of benzene rings is 1. The molecule has 1 heterocycles. The molecule has 4 N–H and O–H groups in total. The van der Waals surface area contributed by atoms with E-state index >= 15 is 0 Å². The zero-order valence-electron chi connectivity index (χ0n) is 31.9. The van der Waals surface area contributed by atoms with Gasteiger partial charge in [0.05, 0.1) is 11.3 Å². The van der Waals surface area contributed by atoms with Crippen LogP contribution in [0.5, 0.6) is 0 Å². The molecule has 278 valence electrons. The molecule has 1 aromatic carbocycles. The number of carboxylic acids is 1. The number of nitrogens with one attached hydrogen (secondary N) is 1. The van der Waals surface area contributed by atoms with Crippen LogP contribution in [0.4, 0.5) is 0 Å². The fourth-order valence-corrected chi connectivity index (χ4v) is 15.8. The van der Waals surface area contributed by atoms with E-state index in [1.165, 1.54) is 68.1 Å². The minimum Gasteiger partial charge on any atom is -0.478 e. The average molecular weight is 707 g/mol. The van der Waals surface area contributed by atoms with Gasteiger partial charge in [-0.1, -0.05) is 65.0 Å². The second-order valence-corrected chi connectivity index (χ2v) is 21.3. The highest BCUT2D eigenvalue weighted by Gasteiger charge is 2.70. The van der Waals surface area contributed by atoms with Crippen molar-refractivity contribution in [2.24, 2.45) is 56.7 Å². The Kier molecular flexibility index (Phi) is 9.36. The number of carboxylic acid groups (broad SMARTS) is 1. The molecule has 50 heavy (non-hydrogen) atoms. The van der Waals surface area contributed by atoms with E-state index in [4.69, 9.17) is 0 Å². The molecular formula is C43H66N2O4S. The van der Waals surface area contributed by atoms with Gasteiger partial charge in [0.2, 0.25) is 0 Å². The highest BCUT2D eigenvalue weighted by molar-refractivity contribution is 8.22.